The molecule has 0 bridgehead atoms. The first kappa shape index (κ1) is 23.8. The Labute approximate surface area is 176 Å². The fourth-order valence-corrected chi connectivity index (χ4v) is 4.59. The van der Waals surface area contributed by atoms with Crippen LogP contribution in [0.25, 0.3) is 0 Å². The van der Waals surface area contributed by atoms with Crippen molar-refractivity contribution >= 4 is 5.91 Å². The SMILES string of the molecule is CN[C@@H]1[C@H](O)[C@H](NC)C2O[C@]3(O)C(OC2[C@H]1O)O[C@H](C)C[C@H]3NC(=O)[C@@H](N)C(C)C. The van der Waals surface area contributed by atoms with Crippen molar-refractivity contribution in [3.8, 4) is 0 Å². The monoisotopic (exact) mass is 432 g/mol. The molecule has 3 aliphatic rings. The van der Waals surface area contributed by atoms with Gasteiger partial charge in [-0.05, 0) is 33.4 Å². The molecule has 3 fully saturated rings. The van der Waals surface area contributed by atoms with Gasteiger partial charge in [0.15, 0.2) is 0 Å². The summed E-state index contributed by atoms with van der Waals surface area (Å²) in [7, 11) is 3.28. The van der Waals surface area contributed by atoms with E-state index in [1.165, 1.54) is 0 Å². The number of nitrogens with one attached hydrogen (secondary N) is 3. The van der Waals surface area contributed by atoms with Gasteiger partial charge in [-0.2, -0.15) is 0 Å². The third kappa shape index (κ3) is 3.98. The molecular weight excluding hydrogens is 396 g/mol. The fourth-order valence-electron chi connectivity index (χ4n) is 4.59. The van der Waals surface area contributed by atoms with E-state index in [1.807, 2.05) is 13.8 Å². The molecule has 0 aromatic heterocycles. The Morgan fingerprint density at radius 2 is 1.73 bits per heavy atom. The quantitative estimate of drug-likeness (QED) is 0.237. The van der Waals surface area contributed by atoms with Gasteiger partial charge in [-0.3, -0.25) is 4.79 Å². The highest BCUT2D eigenvalue weighted by molar-refractivity contribution is 5.82. The molecule has 174 valence electrons. The van der Waals surface area contributed by atoms with Crippen molar-refractivity contribution in [2.45, 2.75) is 94.0 Å². The van der Waals surface area contributed by atoms with Crippen LogP contribution in [0, 0.1) is 5.92 Å². The number of carbonyl (C=O) groups excluding carboxylic acids is 1. The van der Waals surface area contributed by atoms with Crippen LogP contribution in [0.4, 0.5) is 0 Å². The summed E-state index contributed by atoms with van der Waals surface area (Å²) >= 11 is 0. The minimum absolute atomic E-state index is 0.0867. The molecule has 2 saturated heterocycles. The van der Waals surface area contributed by atoms with Gasteiger partial charge in [-0.15, -0.1) is 0 Å². The third-order valence-corrected chi connectivity index (χ3v) is 6.49. The fraction of sp³-hybridized carbons (Fsp3) is 0.947. The Morgan fingerprint density at radius 1 is 1.10 bits per heavy atom. The lowest BCUT2D eigenvalue weighted by Gasteiger charge is -2.58. The highest BCUT2D eigenvalue weighted by Gasteiger charge is 2.63. The van der Waals surface area contributed by atoms with Crippen molar-refractivity contribution < 1.29 is 34.3 Å². The van der Waals surface area contributed by atoms with Gasteiger partial charge in [-0.1, -0.05) is 13.8 Å². The summed E-state index contributed by atoms with van der Waals surface area (Å²) in [6, 6.07) is -2.91. The third-order valence-electron chi connectivity index (χ3n) is 6.49. The molecule has 0 spiro atoms. The molecule has 1 amide bonds. The number of aliphatic hydroxyl groups is 3. The average molecular weight is 433 g/mol. The van der Waals surface area contributed by atoms with Gasteiger partial charge in [-0.25, -0.2) is 0 Å². The first-order valence-corrected chi connectivity index (χ1v) is 10.5. The summed E-state index contributed by atoms with van der Waals surface area (Å²) in [4.78, 5) is 12.6. The normalized spacial score (nSPS) is 47.3. The maximum atomic E-state index is 12.6. The topological polar surface area (TPSA) is 168 Å². The summed E-state index contributed by atoms with van der Waals surface area (Å²) in [5.41, 5.74) is 5.96. The smallest absolute Gasteiger partial charge is 0.239 e. The molecule has 0 aromatic carbocycles. The Bertz CT molecular complexity index is 626. The number of nitrogens with two attached hydrogens (primary N) is 1. The molecule has 3 rings (SSSR count). The van der Waals surface area contributed by atoms with E-state index in [1.54, 1.807) is 21.0 Å². The molecule has 11 atom stereocenters. The molecular formula is C19H36N4O7. The molecule has 11 nitrogen and oxygen atoms in total. The van der Waals surface area contributed by atoms with Crippen molar-refractivity contribution in [2.75, 3.05) is 14.1 Å². The van der Waals surface area contributed by atoms with Crippen molar-refractivity contribution in [2.24, 2.45) is 11.7 Å². The van der Waals surface area contributed by atoms with Crippen LogP contribution in [0.15, 0.2) is 0 Å². The van der Waals surface area contributed by atoms with Crippen LogP contribution in [0.2, 0.25) is 0 Å². The summed E-state index contributed by atoms with van der Waals surface area (Å²) in [6.45, 7) is 5.46. The lowest BCUT2D eigenvalue weighted by molar-refractivity contribution is -0.449. The second kappa shape index (κ2) is 8.93. The van der Waals surface area contributed by atoms with E-state index >= 15 is 0 Å². The molecule has 8 N–H and O–H groups in total. The predicted octanol–water partition coefficient (Wildman–Crippen LogP) is -3.03. The van der Waals surface area contributed by atoms with Gasteiger partial charge in [0.05, 0.1) is 36.4 Å². The molecule has 2 aliphatic heterocycles. The minimum atomic E-state index is -2.01. The number of likely N-dealkylation sites (N-methyl/N-ethyl adjacent to an activating group) is 2. The van der Waals surface area contributed by atoms with E-state index in [2.05, 4.69) is 16.0 Å². The summed E-state index contributed by atoms with van der Waals surface area (Å²) in [6.07, 6.45) is -5.17. The van der Waals surface area contributed by atoms with Crippen LogP contribution in [-0.2, 0) is 19.0 Å². The number of hydrogen-bond acceptors (Lipinski definition) is 10. The van der Waals surface area contributed by atoms with Gasteiger partial charge >= 0.3 is 0 Å². The Kier molecular flexibility index (Phi) is 7.07. The molecule has 0 radical (unpaired) electrons. The molecule has 11 heteroatoms. The van der Waals surface area contributed by atoms with Gasteiger partial charge < -0.3 is 51.2 Å². The molecule has 1 saturated carbocycles. The molecule has 1 aliphatic carbocycles. The number of ether oxygens (including phenoxy) is 3. The lowest BCUT2D eigenvalue weighted by atomic mass is 9.79. The largest absolute Gasteiger partial charge is 0.390 e. The van der Waals surface area contributed by atoms with Crippen molar-refractivity contribution in [1.29, 1.82) is 0 Å². The van der Waals surface area contributed by atoms with Crippen LogP contribution in [0.3, 0.4) is 0 Å². The average Bonchev–Trinajstić information content (AvgIpc) is 2.68. The number of rotatable bonds is 5. The number of hydrogen-bond donors (Lipinski definition) is 7. The van der Waals surface area contributed by atoms with Gasteiger partial charge in [0.1, 0.15) is 18.3 Å². The zero-order chi connectivity index (χ0) is 22.4. The number of carbonyl (C=O) groups is 1. The van der Waals surface area contributed by atoms with Gasteiger partial charge in [0.2, 0.25) is 18.0 Å². The summed E-state index contributed by atoms with van der Waals surface area (Å²) < 4.78 is 17.8. The van der Waals surface area contributed by atoms with E-state index in [4.69, 9.17) is 19.9 Å². The van der Waals surface area contributed by atoms with E-state index in [9.17, 15) is 20.1 Å². The Balaban J connectivity index is 1.88. The lowest BCUT2D eigenvalue weighted by Crippen LogP contribution is -2.79. The maximum absolute atomic E-state index is 12.6. The Morgan fingerprint density at radius 3 is 2.30 bits per heavy atom. The predicted molar refractivity (Wildman–Crippen MR) is 106 cm³/mol. The van der Waals surface area contributed by atoms with Crippen molar-refractivity contribution in [3.05, 3.63) is 0 Å². The van der Waals surface area contributed by atoms with Crippen LogP contribution in [0.5, 0.6) is 0 Å². The number of amides is 1. The highest BCUT2D eigenvalue weighted by Crippen LogP contribution is 2.41. The van der Waals surface area contributed by atoms with Gasteiger partial charge in [0, 0.05) is 0 Å². The zero-order valence-corrected chi connectivity index (χ0v) is 18.1. The first-order chi connectivity index (χ1) is 14.0. The highest BCUT2D eigenvalue weighted by atomic mass is 16.8. The second-order valence-corrected chi connectivity index (χ2v) is 8.89. The second-order valence-electron chi connectivity index (χ2n) is 8.89. The van der Waals surface area contributed by atoms with Crippen LogP contribution in [0.1, 0.15) is 27.2 Å². The van der Waals surface area contributed by atoms with E-state index in [0.717, 1.165) is 0 Å². The Hall–Kier alpha value is -0.890. The molecule has 0 aromatic rings. The van der Waals surface area contributed by atoms with E-state index in [0.29, 0.717) is 0 Å². The maximum Gasteiger partial charge on any atom is 0.239 e. The minimum Gasteiger partial charge on any atom is -0.390 e. The van der Waals surface area contributed by atoms with Crippen LogP contribution >= 0.6 is 0 Å². The standard InChI is InChI=1S/C19H36N4O7/c1-7(2)10(20)17(26)23-9-6-8(3)28-18-19(9,27)30-15-12(22-5)13(24)11(21-4)14(25)16(15)29-18/h7-16,18,21-22,24-25,27H,6,20H2,1-5H3,(H,23,26)/t8-,9-,10+,11-,12+,13+,14+,15?,16?,18?,19+/m1/s1. The summed E-state index contributed by atoms with van der Waals surface area (Å²) in [5, 5.41) is 41.6. The van der Waals surface area contributed by atoms with E-state index in [-0.39, 0.29) is 18.4 Å². The van der Waals surface area contributed by atoms with Crippen LogP contribution in [-0.4, -0.2) is 102 Å². The number of fused-ring (bicyclic) bond motifs is 2. The van der Waals surface area contributed by atoms with E-state index < -0.39 is 66.6 Å². The molecule has 2 heterocycles. The molecule has 3 unspecified atom stereocenters. The van der Waals surface area contributed by atoms with Crippen LogP contribution < -0.4 is 21.7 Å². The first-order valence-electron chi connectivity index (χ1n) is 10.5. The van der Waals surface area contributed by atoms with Gasteiger partial charge in [0.25, 0.3) is 0 Å². The number of aliphatic hydroxyl groups excluding tert-OH is 2. The van der Waals surface area contributed by atoms with Crippen molar-refractivity contribution in [3.63, 3.8) is 0 Å². The summed E-state index contributed by atoms with van der Waals surface area (Å²) in [5.74, 6) is -2.51. The molecule has 30 heavy (non-hydrogen) atoms. The van der Waals surface area contributed by atoms with Crippen molar-refractivity contribution in [1.82, 2.24) is 16.0 Å². The zero-order valence-electron chi connectivity index (χ0n) is 18.1.